The molecule has 65 heavy (non-hydrogen) atoms. The van der Waals surface area contributed by atoms with Crippen molar-refractivity contribution >= 4 is 9.03 Å². The summed E-state index contributed by atoms with van der Waals surface area (Å²) in [6, 6.07) is 0. The molecule has 0 amide bonds. The van der Waals surface area contributed by atoms with Crippen molar-refractivity contribution in [1.29, 1.82) is 0 Å². The van der Waals surface area contributed by atoms with Gasteiger partial charge in [0.1, 0.15) is 0 Å². The lowest BCUT2D eigenvalue weighted by molar-refractivity contribution is -0.293. The van der Waals surface area contributed by atoms with Gasteiger partial charge in [-0.15, -0.1) is 0 Å². The van der Waals surface area contributed by atoms with E-state index in [1.54, 1.807) is 0 Å². The van der Waals surface area contributed by atoms with Gasteiger partial charge in [-0.1, -0.05) is 111 Å². The number of aliphatic hydroxyl groups is 2. The van der Waals surface area contributed by atoms with Gasteiger partial charge in [0.2, 0.25) is 0 Å². The Balaban J connectivity index is 0.839. The third kappa shape index (κ3) is 5.28. The van der Waals surface area contributed by atoms with Crippen molar-refractivity contribution in [3.63, 3.8) is 0 Å². The van der Waals surface area contributed by atoms with Crippen LogP contribution in [0.2, 0.25) is 0 Å². The molecule has 3 unspecified atom stereocenters. The smallest absolute Gasteiger partial charge is 0.155 e. The predicted molar refractivity (Wildman–Crippen MR) is 270 cm³/mol. The lowest BCUT2D eigenvalue weighted by Gasteiger charge is -2.77. The Morgan fingerprint density at radius 3 is 1.37 bits per heavy atom. The van der Waals surface area contributed by atoms with Gasteiger partial charge in [0.25, 0.3) is 0 Å². The van der Waals surface area contributed by atoms with E-state index in [0.717, 1.165) is 37.2 Å². The van der Waals surface area contributed by atoms with Crippen LogP contribution in [0, 0.1) is 111 Å². The summed E-state index contributed by atoms with van der Waals surface area (Å²) in [5, 5.41) is 22.5. The molecule has 0 radical (unpaired) electrons. The van der Waals surface area contributed by atoms with Gasteiger partial charge < -0.3 is 19.3 Å². The highest BCUT2D eigenvalue weighted by atomic mass is 31.1. The molecule has 4 nitrogen and oxygen atoms in total. The van der Waals surface area contributed by atoms with E-state index in [2.05, 4.69) is 111 Å². The van der Waals surface area contributed by atoms with Crippen LogP contribution in [0.15, 0.2) is 0 Å². The van der Waals surface area contributed by atoms with Crippen LogP contribution < -0.4 is 0 Å². The first-order chi connectivity index (χ1) is 30.0. The lowest BCUT2D eigenvalue weighted by atomic mass is 9.28. The molecule has 0 bridgehead atoms. The van der Waals surface area contributed by atoms with Gasteiger partial charge in [0.15, 0.2) is 9.03 Å². The Bertz CT molecular complexity index is 1900. The van der Waals surface area contributed by atoms with Crippen molar-refractivity contribution in [1.82, 2.24) is 0 Å². The molecule has 10 saturated carbocycles. The molecule has 372 valence electrons. The van der Waals surface area contributed by atoms with E-state index in [0.29, 0.717) is 46.0 Å². The highest BCUT2D eigenvalue weighted by molar-refractivity contribution is 7.26. The van der Waals surface area contributed by atoms with Crippen LogP contribution in [-0.2, 0) is 9.05 Å². The molecule has 0 aliphatic heterocycles. The first-order valence-electron chi connectivity index (χ1n) is 28.3. The Morgan fingerprint density at radius 2 is 0.846 bits per heavy atom. The fraction of sp³-hybridized carbons (Fsp3) is 1.00. The van der Waals surface area contributed by atoms with Gasteiger partial charge in [0.05, 0.1) is 18.8 Å². The zero-order chi connectivity index (χ0) is 47.3. The van der Waals surface area contributed by atoms with Crippen molar-refractivity contribution in [3.05, 3.63) is 0 Å². The third-order valence-corrected chi connectivity index (χ3v) is 31.5. The molecule has 0 saturated heterocycles. The Hall–Kier alpha value is 0.270. The van der Waals surface area contributed by atoms with Gasteiger partial charge >= 0.3 is 0 Å². The summed E-state index contributed by atoms with van der Waals surface area (Å²) >= 11 is 0. The van der Waals surface area contributed by atoms with E-state index in [1.165, 1.54) is 116 Å². The van der Waals surface area contributed by atoms with Gasteiger partial charge in [-0.2, -0.15) is 0 Å². The van der Waals surface area contributed by atoms with E-state index < -0.39 is 0 Å². The maximum atomic E-state index is 11.4. The number of rotatable bonds is 6. The molecule has 10 aliphatic rings. The maximum absolute atomic E-state index is 11.4. The monoisotopic (exact) mass is 919 g/mol. The Morgan fingerprint density at radius 1 is 0.431 bits per heavy atom. The maximum Gasteiger partial charge on any atom is 0.155 e. The predicted octanol–water partition coefficient (Wildman–Crippen LogP) is 16.0. The van der Waals surface area contributed by atoms with Gasteiger partial charge in [-0.05, 0) is 234 Å². The topological polar surface area (TPSA) is 58.9 Å². The van der Waals surface area contributed by atoms with Crippen LogP contribution >= 0.6 is 9.03 Å². The zero-order valence-corrected chi connectivity index (χ0v) is 46.4. The number of fused-ring (bicyclic) bond motifs is 14. The average molecular weight is 919 g/mol. The van der Waals surface area contributed by atoms with Crippen molar-refractivity contribution in [2.45, 2.75) is 251 Å². The second kappa shape index (κ2) is 14.5. The summed E-state index contributed by atoms with van der Waals surface area (Å²) in [6.45, 7) is 43.7. The van der Waals surface area contributed by atoms with Gasteiger partial charge in [-0.3, -0.25) is 0 Å². The number of hydrogen-bond donors (Lipinski definition) is 2. The van der Waals surface area contributed by atoms with E-state index in [1.807, 2.05) is 0 Å². The molecule has 0 aromatic rings. The highest BCUT2D eigenvalue weighted by Crippen LogP contribution is 2.84. The molecule has 21 atom stereocenters. The molecule has 10 fully saturated rings. The van der Waals surface area contributed by atoms with Crippen LogP contribution in [0.25, 0.3) is 0 Å². The highest BCUT2D eigenvalue weighted by Gasteiger charge is 2.78. The van der Waals surface area contributed by atoms with Crippen LogP contribution in [0.4, 0.5) is 0 Å². The van der Waals surface area contributed by atoms with E-state index in [4.69, 9.17) is 9.05 Å². The van der Waals surface area contributed by atoms with E-state index in [-0.39, 0.29) is 75.4 Å². The summed E-state index contributed by atoms with van der Waals surface area (Å²) in [5.41, 5.74) is 3.12. The van der Waals surface area contributed by atoms with Gasteiger partial charge in [-0.25, -0.2) is 0 Å². The number of hydrogen-bond acceptors (Lipinski definition) is 4. The fourth-order valence-electron chi connectivity index (χ4n) is 24.5. The normalized spacial score (nSPS) is 61.0. The van der Waals surface area contributed by atoms with Crippen molar-refractivity contribution in [2.24, 2.45) is 111 Å². The van der Waals surface area contributed by atoms with Gasteiger partial charge in [0, 0.05) is 12.0 Å². The summed E-state index contributed by atoms with van der Waals surface area (Å²) in [4.78, 5) is 0. The molecule has 10 aliphatic carbocycles. The van der Waals surface area contributed by atoms with Crippen molar-refractivity contribution < 1.29 is 19.3 Å². The quantitative estimate of drug-likeness (QED) is 0.206. The van der Waals surface area contributed by atoms with Crippen molar-refractivity contribution in [3.8, 4) is 0 Å². The molecule has 0 spiro atoms. The second-order valence-corrected chi connectivity index (χ2v) is 31.4. The second-order valence-electron chi connectivity index (χ2n) is 30.7. The molecule has 0 aromatic carbocycles. The molecule has 0 heterocycles. The standard InChI is InChI=1S/C60H103O4P/c1-39-21-27-59(37-61)35-31-51(9)43(57(39,59)15)19-17-42-50(51,8)30-34-56(14)48(5,6)46(24-26-54(42,56)12)64-65-63-38-60-28-22-40(2)58(60,16)44-20-18-41-49(7,52(44,10)32-36-60)29-33-55(13)47(3,4)45(62)23-25-53(41,55)11/h39-46,61-62,65H,17-38H2,1-16H3/t39-,40-,41?,42?,43+,44+,45+,46+,49-,50-,51-,52-,53-,54-,55+,56+,57-,58-,59-,60-/m1/s1. The minimum atomic E-state index is -0.189. The largest absolute Gasteiger partial charge is 0.396 e. The summed E-state index contributed by atoms with van der Waals surface area (Å²) < 4.78 is 14.3. The molecule has 2 N–H and O–H groups in total. The first kappa shape index (κ1) is 48.9. The fourth-order valence-corrected chi connectivity index (χ4v) is 25.4. The summed E-state index contributed by atoms with van der Waals surface area (Å²) in [5.74, 6) is 4.30. The minimum absolute atomic E-state index is 0.0509. The molecular formula is C60H103O4P. The summed E-state index contributed by atoms with van der Waals surface area (Å²) in [7, 11) is 0.123. The average Bonchev–Trinajstić information content (AvgIpc) is 3.67. The van der Waals surface area contributed by atoms with Crippen LogP contribution in [0.1, 0.15) is 239 Å². The zero-order valence-electron chi connectivity index (χ0n) is 45.4. The van der Waals surface area contributed by atoms with Crippen LogP contribution in [0.3, 0.4) is 0 Å². The van der Waals surface area contributed by atoms with Crippen molar-refractivity contribution in [2.75, 3.05) is 13.2 Å². The van der Waals surface area contributed by atoms with Crippen LogP contribution in [-0.4, -0.2) is 35.6 Å². The number of aliphatic hydroxyl groups excluding tert-OH is 2. The third-order valence-electron chi connectivity index (χ3n) is 30.9. The van der Waals surface area contributed by atoms with Crippen LogP contribution in [0.5, 0.6) is 0 Å². The van der Waals surface area contributed by atoms with E-state index >= 15 is 0 Å². The molecule has 10 rings (SSSR count). The Labute approximate surface area is 402 Å². The Kier molecular flexibility index (Phi) is 10.9. The minimum Gasteiger partial charge on any atom is -0.396 e. The first-order valence-corrected chi connectivity index (χ1v) is 29.2. The summed E-state index contributed by atoms with van der Waals surface area (Å²) in [6.07, 6.45) is 25.6. The SMILES string of the molecule is C[C@@H]1CC[C@]2(CO)CC[C@]3(C)[C@H](CCC4[C@@]5(C)CC[C@H](OPOC[C@]67CC[C@@H](C)[C@]6(C)[C@H]6CCC8[C@@]9(C)CC[C@H](O)C(C)(C)[C@]9(C)CC[C@@]8(C)[C@]6(C)CC7)C(C)(C)[C@]5(C)CC[C@]43C)[C@@]12C. The molecule has 5 heteroatoms. The van der Waals surface area contributed by atoms with E-state index in [9.17, 15) is 10.2 Å². The molecular weight excluding hydrogens is 816 g/mol. The molecule has 0 aromatic heterocycles. The lowest BCUT2D eigenvalue weighted by Crippen LogP contribution is -2.71.